The van der Waals surface area contributed by atoms with Crippen molar-refractivity contribution in [2.45, 2.75) is 48.8 Å². The van der Waals surface area contributed by atoms with E-state index in [0.29, 0.717) is 11.3 Å². The lowest BCUT2D eigenvalue weighted by Crippen LogP contribution is -2.33. The van der Waals surface area contributed by atoms with Gasteiger partial charge < -0.3 is 10.6 Å². The lowest BCUT2D eigenvalue weighted by molar-refractivity contribution is -0.115. The molecule has 0 unspecified atom stereocenters. The second-order valence-corrected chi connectivity index (χ2v) is 7.98. The first-order chi connectivity index (χ1) is 12.6. The zero-order valence-corrected chi connectivity index (χ0v) is 15.7. The first-order valence-electron chi connectivity index (χ1n) is 9.06. The molecule has 0 heterocycles. The summed E-state index contributed by atoms with van der Waals surface area (Å²) in [6.45, 7) is 1.87. The van der Waals surface area contributed by atoms with Crippen LogP contribution in [0.5, 0.6) is 0 Å². The van der Waals surface area contributed by atoms with Gasteiger partial charge in [0.05, 0.1) is 16.5 Å². The summed E-state index contributed by atoms with van der Waals surface area (Å²) in [5.41, 5.74) is 1.08. The van der Waals surface area contributed by atoms with Gasteiger partial charge in [0.15, 0.2) is 0 Å². The Balaban J connectivity index is 1.65. The number of hydrogen-bond acceptors (Lipinski definition) is 3. The number of nitrogens with one attached hydrogen (secondary N) is 2. The number of anilines is 1. The standard InChI is InChI=1S/C21H24N2O2S/c1-15(26-17-11-3-2-4-12-17)20(24)23-19-14-8-7-13-18(19)21(25)22-16-9-5-6-10-16/h2-4,7-8,11-16H,5-6,9-10H2,1H3,(H,22,25)(H,23,24)/t15-/m1/s1. The molecule has 0 bridgehead atoms. The van der Waals surface area contributed by atoms with E-state index in [2.05, 4.69) is 10.6 Å². The van der Waals surface area contributed by atoms with E-state index < -0.39 is 0 Å². The fourth-order valence-electron chi connectivity index (χ4n) is 3.11. The average molecular weight is 369 g/mol. The molecule has 136 valence electrons. The summed E-state index contributed by atoms with van der Waals surface area (Å²) < 4.78 is 0. The number of carbonyl (C=O) groups is 2. The van der Waals surface area contributed by atoms with Crippen molar-refractivity contribution in [3.05, 3.63) is 60.2 Å². The molecule has 0 aliphatic heterocycles. The Morgan fingerprint density at radius 1 is 1.00 bits per heavy atom. The number of amides is 2. The van der Waals surface area contributed by atoms with Crippen LogP contribution >= 0.6 is 11.8 Å². The highest BCUT2D eigenvalue weighted by Gasteiger charge is 2.21. The SMILES string of the molecule is C[C@@H](Sc1ccccc1)C(=O)Nc1ccccc1C(=O)NC1CCCC1. The number of para-hydroxylation sites is 1. The maximum atomic E-state index is 12.6. The molecular formula is C21H24N2O2S. The molecule has 0 saturated heterocycles. The van der Waals surface area contributed by atoms with E-state index in [9.17, 15) is 9.59 Å². The topological polar surface area (TPSA) is 58.2 Å². The quantitative estimate of drug-likeness (QED) is 0.739. The van der Waals surface area contributed by atoms with Crippen LogP contribution in [0.1, 0.15) is 43.0 Å². The highest BCUT2D eigenvalue weighted by molar-refractivity contribution is 8.00. The summed E-state index contributed by atoms with van der Waals surface area (Å²) in [6.07, 6.45) is 4.39. The second-order valence-electron chi connectivity index (χ2n) is 6.56. The van der Waals surface area contributed by atoms with E-state index >= 15 is 0 Å². The third-order valence-electron chi connectivity index (χ3n) is 4.55. The van der Waals surface area contributed by atoms with Gasteiger partial charge in [-0.05, 0) is 44.0 Å². The van der Waals surface area contributed by atoms with Crippen LogP contribution in [0.25, 0.3) is 0 Å². The van der Waals surface area contributed by atoms with Crippen LogP contribution in [0.4, 0.5) is 5.69 Å². The van der Waals surface area contributed by atoms with Gasteiger partial charge in [-0.15, -0.1) is 11.8 Å². The second kappa shape index (κ2) is 8.90. The maximum Gasteiger partial charge on any atom is 0.253 e. The average Bonchev–Trinajstić information content (AvgIpc) is 3.16. The molecule has 26 heavy (non-hydrogen) atoms. The third-order valence-corrected chi connectivity index (χ3v) is 5.66. The molecule has 2 amide bonds. The van der Waals surface area contributed by atoms with E-state index in [1.807, 2.05) is 49.4 Å². The van der Waals surface area contributed by atoms with Crippen molar-refractivity contribution in [2.75, 3.05) is 5.32 Å². The molecule has 0 spiro atoms. The van der Waals surface area contributed by atoms with Crippen LogP contribution in [0.3, 0.4) is 0 Å². The van der Waals surface area contributed by atoms with Crippen molar-refractivity contribution in [1.29, 1.82) is 0 Å². The summed E-state index contributed by atoms with van der Waals surface area (Å²) >= 11 is 1.50. The van der Waals surface area contributed by atoms with Gasteiger partial charge in [-0.1, -0.05) is 43.2 Å². The Hall–Kier alpha value is -2.27. The molecule has 2 aromatic carbocycles. The van der Waals surface area contributed by atoms with Crippen molar-refractivity contribution in [3.63, 3.8) is 0 Å². The number of hydrogen-bond donors (Lipinski definition) is 2. The molecule has 1 aliphatic rings. The summed E-state index contributed by atoms with van der Waals surface area (Å²) in [5.74, 6) is -0.226. The van der Waals surface area contributed by atoms with Crippen LogP contribution in [0, 0.1) is 0 Å². The fourth-order valence-corrected chi connectivity index (χ4v) is 4.00. The molecule has 1 saturated carbocycles. The minimum Gasteiger partial charge on any atom is -0.349 e. The normalized spacial score (nSPS) is 15.4. The lowest BCUT2D eigenvalue weighted by atomic mass is 10.1. The Bertz CT molecular complexity index is 758. The molecule has 3 rings (SSSR count). The summed E-state index contributed by atoms with van der Waals surface area (Å²) in [7, 11) is 0. The van der Waals surface area contributed by atoms with Crippen molar-refractivity contribution in [3.8, 4) is 0 Å². The predicted molar refractivity (Wildman–Crippen MR) is 107 cm³/mol. The monoisotopic (exact) mass is 368 g/mol. The van der Waals surface area contributed by atoms with Gasteiger partial charge in [0.25, 0.3) is 5.91 Å². The first kappa shape index (κ1) is 18.5. The van der Waals surface area contributed by atoms with Gasteiger partial charge in [-0.2, -0.15) is 0 Å². The smallest absolute Gasteiger partial charge is 0.253 e. The van der Waals surface area contributed by atoms with Crippen LogP contribution in [0.15, 0.2) is 59.5 Å². The maximum absolute atomic E-state index is 12.6. The summed E-state index contributed by atoms with van der Waals surface area (Å²) in [5, 5.41) is 5.74. The molecule has 5 heteroatoms. The predicted octanol–water partition coefficient (Wildman–Crippen LogP) is 4.48. The molecule has 2 aromatic rings. The zero-order valence-electron chi connectivity index (χ0n) is 14.9. The lowest BCUT2D eigenvalue weighted by Gasteiger charge is -2.16. The fraction of sp³-hybridized carbons (Fsp3) is 0.333. The molecular weight excluding hydrogens is 344 g/mol. The van der Waals surface area contributed by atoms with Crippen molar-refractivity contribution in [2.24, 2.45) is 0 Å². The molecule has 2 N–H and O–H groups in total. The third kappa shape index (κ3) is 4.88. The van der Waals surface area contributed by atoms with Gasteiger partial charge in [-0.25, -0.2) is 0 Å². The van der Waals surface area contributed by atoms with E-state index in [0.717, 1.165) is 30.6 Å². The molecule has 1 aliphatic carbocycles. The Kier molecular flexibility index (Phi) is 6.34. The molecule has 4 nitrogen and oxygen atoms in total. The molecule has 1 fully saturated rings. The molecule has 1 atom stereocenters. The first-order valence-corrected chi connectivity index (χ1v) is 9.94. The van der Waals surface area contributed by atoms with E-state index in [1.165, 1.54) is 11.8 Å². The van der Waals surface area contributed by atoms with Crippen LogP contribution in [0.2, 0.25) is 0 Å². The summed E-state index contributed by atoms with van der Waals surface area (Å²) in [4.78, 5) is 26.2. The van der Waals surface area contributed by atoms with E-state index in [4.69, 9.17) is 0 Å². The van der Waals surface area contributed by atoms with Crippen LogP contribution in [-0.2, 0) is 4.79 Å². The minimum absolute atomic E-state index is 0.111. The number of benzene rings is 2. The van der Waals surface area contributed by atoms with Crippen molar-refractivity contribution < 1.29 is 9.59 Å². The molecule has 0 radical (unpaired) electrons. The number of thioether (sulfide) groups is 1. The van der Waals surface area contributed by atoms with Gasteiger partial charge >= 0.3 is 0 Å². The van der Waals surface area contributed by atoms with Crippen molar-refractivity contribution in [1.82, 2.24) is 5.32 Å². The Morgan fingerprint density at radius 2 is 1.65 bits per heavy atom. The van der Waals surface area contributed by atoms with E-state index in [1.54, 1.807) is 12.1 Å². The van der Waals surface area contributed by atoms with Gasteiger partial charge in [0.2, 0.25) is 5.91 Å². The largest absolute Gasteiger partial charge is 0.349 e. The summed E-state index contributed by atoms with van der Waals surface area (Å²) in [6, 6.07) is 17.3. The number of carbonyl (C=O) groups excluding carboxylic acids is 2. The van der Waals surface area contributed by atoms with Crippen molar-refractivity contribution >= 4 is 29.3 Å². The Labute approximate surface area is 158 Å². The highest BCUT2D eigenvalue weighted by atomic mass is 32.2. The highest BCUT2D eigenvalue weighted by Crippen LogP contribution is 2.25. The van der Waals surface area contributed by atoms with Crippen LogP contribution in [-0.4, -0.2) is 23.1 Å². The van der Waals surface area contributed by atoms with Crippen LogP contribution < -0.4 is 10.6 Å². The van der Waals surface area contributed by atoms with E-state index in [-0.39, 0.29) is 23.1 Å². The zero-order chi connectivity index (χ0) is 18.4. The Morgan fingerprint density at radius 3 is 2.38 bits per heavy atom. The van der Waals surface area contributed by atoms with Gasteiger partial charge in [0.1, 0.15) is 0 Å². The molecule has 0 aromatic heterocycles. The van der Waals surface area contributed by atoms with Gasteiger partial charge in [0, 0.05) is 10.9 Å². The minimum atomic E-state index is -0.261. The number of rotatable bonds is 6. The van der Waals surface area contributed by atoms with Gasteiger partial charge in [-0.3, -0.25) is 9.59 Å².